The van der Waals surface area contributed by atoms with Crippen molar-refractivity contribution >= 4 is 29.0 Å². The Morgan fingerprint density at radius 2 is 1.62 bits per heavy atom. The van der Waals surface area contributed by atoms with E-state index in [1.165, 1.54) is 7.11 Å². The average Bonchev–Trinajstić information content (AvgIpc) is 2.84. The molecule has 0 bridgehead atoms. The maximum atomic E-state index is 13.1. The van der Waals surface area contributed by atoms with Crippen LogP contribution in [-0.4, -0.2) is 40.3 Å². The van der Waals surface area contributed by atoms with Crippen LogP contribution in [0.4, 0.5) is 21.9 Å². The first-order valence-corrected chi connectivity index (χ1v) is 10.8. The molecule has 178 valence electrons. The van der Waals surface area contributed by atoms with Gasteiger partial charge in [-0.05, 0) is 42.8 Å². The fourth-order valence-electron chi connectivity index (χ4n) is 3.47. The van der Waals surface area contributed by atoms with E-state index in [1.54, 1.807) is 43.5 Å². The molecule has 8 heteroatoms. The Hall–Kier alpha value is -4.20. The summed E-state index contributed by atoms with van der Waals surface area (Å²) in [4.78, 5) is 27.6. The van der Waals surface area contributed by atoms with E-state index < -0.39 is 6.03 Å². The molecule has 0 aliphatic heterocycles. The molecule has 0 fully saturated rings. The third-order valence-electron chi connectivity index (χ3n) is 5.28. The van der Waals surface area contributed by atoms with Crippen LogP contribution >= 0.6 is 0 Å². The topological polar surface area (TPSA) is 91.9 Å². The smallest absolute Gasteiger partial charge is 0.323 e. The number of ether oxygens (including phenoxy) is 2. The van der Waals surface area contributed by atoms with E-state index in [0.29, 0.717) is 28.4 Å². The number of carbonyl (C=O) groups is 2. The summed E-state index contributed by atoms with van der Waals surface area (Å²) in [6, 6.07) is 19.4. The molecule has 3 rings (SSSR count). The number of nitrogens with zero attached hydrogens (tertiary/aromatic N) is 1. The van der Waals surface area contributed by atoms with Crippen LogP contribution < -0.4 is 30.3 Å². The molecule has 0 aliphatic rings. The van der Waals surface area contributed by atoms with Gasteiger partial charge in [-0.25, -0.2) is 4.79 Å². The minimum Gasteiger partial charge on any atom is -0.497 e. The summed E-state index contributed by atoms with van der Waals surface area (Å²) < 4.78 is 10.5. The Labute approximate surface area is 199 Å². The normalized spacial score (nSPS) is 11.2. The van der Waals surface area contributed by atoms with E-state index in [-0.39, 0.29) is 11.9 Å². The van der Waals surface area contributed by atoms with Gasteiger partial charge in [0.25, 0.3) is 5.91 Å². The third-order valence-corrected chi connectivity index (χ3v) is 5.28. The summed E-state index contributed by atoms with van der Waals surface area (Å²) in [5, 5.41) is 8.57. The van der Waals surface area contributed by atoms with E-state index in [1.807, 2.05) is 56.3 Å². The third kappa shape index (κ3) is 5.98. The Kier molecular flexibility index (Phi) is 7.97. The summed E-state index contributed by atoms with van der Waals surface area (Å²) in [6.45, 7) is 1.93. The first-order valence-electron chi connectivity index (χ1n) is 10.8. The van der Waals surface area contributed by atoms with E-state index in [0.717, 1.165) is 11.3 Å². The molecule has 0 spiro atoms. The monoisotopic (exact) mass is 462 g/mol. The standard InChI is InChI=1S/C26H30N4O4/c1-17(18-9-7-6-8-10-18)27-25(31)21-15-19(11-14-23(21)30(2)3)28-26(32)29-22-13-12-20(33-4)16-24(22)34-5/h6-17H,1-5H3,(H,27,31)(H2,28,29,32). The van der Waals surface area contributed by atoms with E-state index in [2.05, 4.69) is 16.0 Å². The van der Waals surface area contributed by atoms with Crippen LogP contribution in [-0.2, 0) is 0 Å². The molecule has 3 amide bonds. The Balaban J connectivity index is 1.77. The van der Waals surface area contributed by atoms with Crippen LogP contribution in [0.5, 0.6) is 11.5 Å². The van der Waals surface area contributed by atoms with Gasteiger partial charge in [0.2, 0.25) is 0 Å². The second kappa shape index (κ2) is 11.1. The van der Waals surface area contributed by atoms with Gasteiger partial charge in [-0.1, -0.05) is 30.3 Å². The molecule has 3 N–H and O–H groups in total. The summed E-state index contributed by atoms with van der Waals surface area (Å²) in [5.41, 5.74) is 3.16. The molecular formula is C26H30N4O4. The van der Waals surface area contributed by atoms with Gasteiger partial charge in [-0.15, -0.1) is 0 Å². The van der Waals surface area contributed by atoms with Crippen LogP contribution in [0, 0.1) is 0 Å². The van der Waals surface area contributed by atoms with Crippen molar-refractivity contribution in [2.45, 2.75) is 13.0 Å². The van der Waals surface area contributed by atoms with Crippen molar-refractivity contribution in [3.05, 3.63) is 77.9 Å². The first kappa shape index (κ1) is 24.4. The Bertz CT molecular complexity index is 1150. The molecule has 0 saturated carbocycles. The lowest BCUT2D eigenvalue weighted by Gasteiger charge is -2.21. The molecule has 3 aromatic rings. The molecule has 0 heterocycles. The minimum atomic E-state index is -0.468. The lowest BCUT2D eigenvalue weighted by Crippen LogP contribution is -2.28. The fraction of sp³-hybridized carbons (Fsp3) is 0.231. The van der Waals surface area contributed by atoms with Crippen LogP contribution in [0.3, 0.4) is 0 Å². The van der Waals surface area contributed by atoms with Crippen molar-refractivity contribution in [1.82, 2.24) is 5.32 Å². The van der Waals surface area contributed by atoms with Crippen LogP contribution in [0.1, 0.15) is 28.9 Å². The number of benzene rings is 3. The quantitative estimate of drug-likeness (QED) is 0.443. The van der Waals surface area contributed by atoms with Crippen molar-refractivity contribution in [1.29, 1.82) is 0 Å². The molecule has 0 saturated heterocycles. The number of rotatable bonds is 8. The maximum absolute atomic E-state index is 13.1. The van der Waals surface area contributed by atoms with Crippen molar-refractivity contribution in [3.8, 4) is 11.5 Å². The Morgan fingerprint density at radius 1 is 0.882 bits per heavy atom. The van der Waals surface area contributed by atoms with Crippen LogP contribution in [0.25, 0.3) is 0 Å². The molecule has 1 unspecified atom stereocenters. The molecular weight excluding hydrogens is 432 g/mol. The first-order chi connectivity index (χ1) is 16.3. The number of hydrogen-bond acceptors (Lipinski definition) is 5. The number of amides is 3. The van der Waals surface area contributed by atoms with Gasteiger partial charge < -0.3 is 30.3 Å². The van der Waals surface area contributed by atoms with Crippen molar-refractivity contribution < 1.29 is 19.1 Å². The van der Waals surface area contributed by atoms with E-state index >= 15 is 0 Å². The summed E-state index contributed by atoms with van der Waals surface area (Å²) in [5.74, 6) is 0.843. The molecule has 8 nitrogen and oxygen atoms in total. The molecule has 34 heavy (non-hydrogen) atoms. The predicted octanol–water partition coefficient (Wildman–Crippen LogP) is 4.90. The molecule has 0 radical (unpaired) electrons. The highest BCUT2D eigenvalue weighted by atomic mass is 16.5. The number of urea groups is 1. The average molecular weight is 463 g/mol. The second-order valence-electron chi connectivity index (χ2n) is 7.88. The van der Waals surface area contributed by atoms with Crippen LogP contribution in [0.2, 0.25) is 0 Å². The SMILES string of the molecule is COc1ccc(NC(=O)Nc2ccc(N(C)C)c(C(=O)NC(C)c3ccccc3)c2)c(OC)c1. The van der Waals surface area contributed by atoms with Gasteiger partial charge in [-0.3, -0.25) is 4.79 Å². The maximum Gasteiger partial charge on any atom is 0.323 e. The minimum absolute atomic E-state index is 0.175. The van der Waals surface area contributed by atoms with Gasteiger partial charge in [-0.2, -0.15) is 0 Å². The molecule has 1 atom stereocenters. The number of hydrogen-bond donors (Lipinski definition) is 3. The lowest BCUT2D eigenvalue weighted by molar-refractivity contribution is 0.0940. The summed E-state index contributed by atoms with van der Waals surface area (Å²) in [6.07, 6.45) is 0. The number of anilines is 3. The van der Waals surface area contributed by atoms with Crippen molar-refractivity contribution in [3.63, 3.8) is 0 Å². The zero-order valence-corrected chi connectivity index (χ0v) is 20.0. The summed E-state index contributed by atoms with van der Waals surface area (Å²) >= 11 is 0. The second-order valence-corrected chi connectivity index (χ2v) is 7.88. The number of nitrogens with one attached hydrogen (secondary N) is 3. The van der Waals surface area contributed by atoms with Gasteiger partial charge >= 0.3 is 6.03 Å². The highest BCUT2D eigenvalue weighted by Gasteiger charge is 2.18. The van der Waals surface area contributed by atoms with Gasteiger partial charge in [0.05, 0.1) is 31.5 Å². The molecule has 0 aliphatic carbocycles. The van der Waals surface area contributed by atoms with Crippen LogP contribution in [0.15, 0.2) is 66.7 Å². The van der Waals surface area contributed by atoms with Crippen molar-refractivity contribution in [2.24, 2.45) is 0 Å². The highest BCUT2D eigenvalue weighted by molar-refractivity contribution is 6.04. The fourth-order valence-corrected chi connectivity index (χ4v) is 3.47. The highest BCUT2D eigenvalue weighted by Crippen LogP contribution is 2.29. The summed E-state index contributed by atoms with van der Waals surface area (Å²) in [7, 11) is 6.80. The number of methoxy groups -OCH3 is 2. The van der Waals surface area contributed by atoms with E-state index in [4.69, 9.17) is 9.47 Å². The molecule has 3 aromatic carbocycles. The van der Waals surface area contributed by atoms with Gasteiger partial charge in [0, 0.05) is 31.5 Å². The lowest BCUT2D eigenvalue weighted by atomic mass is 10.1. The largest absolute Gasteiger partial charge is 0.497 e. The zero-order valence-electron chi connectivity index (χ0n) is 20.0. The van der Waals surface area contributed by atoms with E-state index in [9.17, 15) is 9.59 Å². The number of carbonyl (C=O) groups excluding carboxylic acids is 2. The molecule has 0 aromatic heterocycles. The Morgan fingerprint density at radius 3 is 2.26 bits per heavy atom. The predicted molar refractivity (Wildman–Crippen MR) is 135 cm³/mol. The van der Waals surface area contributed by atoms with Gasteiger partial charge in [0.15, 0.2) is 0 Å². The zero-order chi connectivity index (χ0) is 24.7. The van der Waals surface area contributed by atoms with Crippen molar-refractivity contribution in [2.75, 3.05) is 43.8 Å². The van der Waals surface area contributed by atoms with Gasteiger partial charge in [0.1, 0.15) is 11.5 Å².